The van der Waals surface area contributed by atoms with Crippen molar-refractivity contribution in [2.24, 2.45) is 11.8 Å². The maximum Gasteiger partial charge on any atom is 0.406 e. The zero-order valence-electron chi connectivity index (χ0n) is 23.0. The summed E-state index contributed by atoms with van der Waals surface area (Å²) in [7, 11) is 3.27. The Hall–Kier alpha value is -2.36. The van der Waals surface area contributed by atoms with Crippen molar-refractivity contribution in [2.75, 3.05) is 53.6 Å². The first-order valence-corrected chi connectivity index (χ1v) is 13.6. The van der Waals surface area contributed by atoms with E-state index in [2.05, 4.69) is 46.7 Å². The summed E-state index contributed by atoms with van der Waals surface area (Å²) in [4.78, 5) is 26.7. The van der Waals surface area contributed by atoms with Crippen LogP contribution in [0, 0.1) is 11.8 Å². The Morgan fingerprint density at radius 1 is 1.22 bits per heavy atom. The maximum atomic E-state index is 13.4. The number of piperidine rings is 1. The zero-order valence-corrected chi connectivity index (χ0v) is 23.0. The SMILES string of the molecule is CNC[C@H](C[C@H]1CCC(C)(C)OC1)NC(=O)N1CCC[C@@H](C(OCCNC(=O)OC)c2ccccc2)C1. The second-order valence-electron chi connectivity index (χ2n) is 10.9. The number of amides is 3. The Balaban J connectivity index is 1.58. The van der Waals surface area contributed by atoms with Crippen LogP contribution >= 0.6 is 0 Å². The molecule has 3 rings (SSSR count). The Bertz CT molecular complexity index is 827. The van der Waals surface area contributed by atoms with Crippen molar-refractivity contribution >= 4 is 12.1 Å². The van der Waals surface area contributed by atoms with Crippen LogP contribution in [-0.4, -0.2) is 82.2 Å². The predicted molar refractivity (Wildman–Crippen MR) is 143 cm³/mol. The predicted octanol–water partition coefficient (Wildman–Crippen LogP) is 3.71. The van der Waals surface area contributed by atoms with Gasteiger partial charge >= 0.3 is 12.1 Å². The number of nitrogens with zero attached hydrogens (tertiary/aromatic N) is 1. The molecule has 3 amide bonds. The molecule has 2 aliphatic rings. The number of carbonyl (C=O) groups excluding carboxylic acids is 2. The van der Waals surface area contributed by atoms with Gasteiger partial charge in [0.2, 0.25) is 0 Å². The topological polar surface area (TPSA) is 101 Å². The third-order valence-corrected chi connectivity index (χ3v) is 7.42. The lowest BCUT2D eigenvalue weighted by Crippen LogP contribution is -2.52. The van der Waals surface area contributed by atoms with Gasteiger partial charge in [0.1, 0.15) is 0 Å². The van der Waals surface area contributed by atoms with Crippen LogP contribution in [0.25, 0.3) is 0 Å². The molecule has 4 atom stereocenters. The van der Waals surface area contributed by atoms with Gasteiger partial charge in [0, 0.05) is 38.1 Å². The molecule has 0 saturated carbocycles. The van der Waals surface area contributed by atoms with Crippen molar-refractivity contribution in [2.45, 2.75) is 63.7 Å². The first-order valence-electron chi connectivity index (χ1n) is 13.6. The van der Waals surface area contributed by atoms with Gasteiger partial charge in [-0.05, 0) is 64.5 Å². The minimum absolute atomic E-state index is 0.0128. The van der Waals surface area contributed by atoms with Gasteiger partial charge < -0.3 is 35.1 Å². The third kappa shape index (κ3) is 9.47. The summed E-state index contributed by atoms with van der Waals surface area (Å²) in [6.07, 6.45) is 4.34. The Kier molecular flexibility index (Phi) is 11.5. The van der Waals surface area contributed by atoms with E-state index in [0.29, 0.717) is 25.6 Å². The fraction of sp³-hybridized carbons (Fsp3) is 0.714. The number of nitrogens with one attached hydrogen (secondary N) is 3. The van der Waals surface area contributed by atoms with E-state index >= 15 is 0 Å². The van der Waals surface area contributed by atoms with Crippen LogP contribution in [0.5, 0.6) is 0 Å². The molecule has 0 spiro atoms. The summed E-state index contributed by atoms with van der Waals surface area (Å²) in [5.74, 6) is 0.618. The highest BCUT2D eigenvalue weighted by Crippen LogP contribution is 2.33. The molecule has 1 aromatic rings. The fourth-order valence-electron chi connectivity index (χ4n) is 5.34. The number of likely N-dealkylation sites (tertiary alicyclic amines) is 1. The lowest BCUT2D eigenvalue weighted by molar-refractivity contribution is -0.0792. The smallest absolute Gasteiger partial charge is 0.406 e. The third-order valence-electron chi connectivity index (χ3n) is 7.42. The lowest BCUT2D eigenvalue weighted by Gasteiger charge is -2.39. The summed E-state index contributed by atoms with van der Waals surface area (Å²) in [6.45, 7) is 7.85. The van der Waals surface area contributed by atoms with Crippen molar-refractivity contribution in [1.82, 2.24) is 20.9 Å². The molecule has 3 N–H and O–H groups in total. The molecule has 208 valence electrons. The highest BCUT2D eigenvalue weighted by atomic mass is 16.5. The molecule has 2 fully saturated rings. The first-order chi connectivity index (χ1) is 17.8. The Morgan fingerprint density at radius 3 is 2.68 bits per heavy atom. The van der Waals surface area contributed by atoms with Crippen molar-refractivity contribution in [3.05, 3.63) is 35.9 Å². The molecule has 2 heterocycles. The minimum atomic E-state index is -0.472. The van der Waals surface area contributed by atoms with Gasteiger partial charge in [0.25, 0.3) is 0 Å². The van der Waals surface area contributed by atoms with E-state index in [1.54, 1.807) is 0 Å². The molecule has 0 aromatic heterocycles. The van der Waals surface area contributed by atoms with Crippen LogP contribution < -0.4 is 16.0 Å². The summed E-state index contributed by atoms with van der Waals surface area (Å²) in [5, 5.41) is 9.20. The number of likely N-dealkylation sites (N-methyl/N-ethyl adjacent to an activating group) is 1. The van der Waals surface area contributed by atoms with Gasteiger partial charge in [-0.1, -0.05) is 30.3 Å². The summed E-state index contributed by atoms with van der Waals surface area (Å²) < 4.78 is 16.9. The van der Waals surface area contributed by atoms with Crippen LogP contribution in [0.2, 0.25) is 0 Å². The molecule has 0 radical (unpaired) electrons. The van der Waals surface area contributed by atoms with Crippen LogP contribution in [0.15, 0.2) is 30.3 Å². The Morgan fingerprint density at radius 2 is 2.00 bits per heavy atom. The number of hydrogen-bond acceptors (Lipinski definition) is 6. The number of urea groups is 1. The molecule has 2 saturated heterocycles. The van der Waals surface area contributed by atoms with Crippen molar-refractivity contribution in [3.8, 4) is 0 Å². The molecular weight excluding hydrogens is 472 g/mol. The van der Waals surface area contributed by atoms with Crippen molar-refractivity contribution in [3.63, 3.8) is 0 Å². The summed E-state index contributed by atoms with van der Waals surface area (Å²) in [6, 6.07) is 10.2. The van der Waals surface area contributed by atoms with Crippen molar-refractivity contribution in [1.29, 1.82) is 0 Å². The van der Waals surface area contributed by atoms with Gasteiger partial charge in [-0.15, -0.1) is 0 Å². The number of hydrogen-bond donors (Lipinski definition) is 3. The molecule has 9 heteroatoms. The van der Waals surface area contributed by atoms with Gasteiger partial charge in [-0.2, -0.15) is 0 Å². The average Bonchev–Trinajstić information content (AvgIpc) is 2.90. The monoisotopic (exact) mass is 518 g/mol. The molecule has 9 nitrogen and oxygen atoms in total. The maximum absolute atomic E-state index is 13.4. The van der Waals surface area contributed by atoms with E-state index < -0.39 is 6.09 Å². The molecule has 1 aromatic carbocycles. The number of methoxy groups -OCH3 is 1. The van der Waals surface area contributed by atoms with Gasteiger partial charge in [-0.3, -0.25) is 0 Å². The normalized spacial score (nSPS) is 23.1. The van der Waals surface area contributed by atoms with Gasteiger partial charge in [0.05, 0.1) is 32.0 Å². The van der Waals surface area contributed by atoms with Crippen LogP contribution in [0.4, 0.5) is 9.59 Å². The van der Waals surface area contributed by atoms with E-state index in [0.717, 1.165) is 57.4 Å². The van der Waals surface area contributed by atoms with E-state index in [-0.39, 0.29) is 29.7 Å². The average molecular weight is 519 g/mol. The molecule has 0 bridgehead atoms. The molecule has 2 aliphatic heterocycles. The second kappa shape index (κ2) is 14.5. The lowest BCUT2D eigenvalue weighted by atomic mass is 9.87. The second-order valence-corrected chi connectivity index (χ2v) is 10.9. The fourth-order valence-corrected chi connectivity index (χ4v) is 5.34. The quantitative estimate of drug-likeness (QED) is 0.386. The minimum Gasteiger partial charge on any atom is -0.453 e. The van der Waals surface area contributed by atoms with Crippen LogP contribution in [-0.2, 0) is 14.2 Å². The van der Waals surface area contributed by atoms with Crippen LogP contribution in [0.3, 0.4) is 0 Å². The molecular formula is C28H46N4O5. The van der Waals surface area contributed by atoms with Gasteiger partial charge in [-0.25, -0.2) is 9.59 Å². The zero-order chi connectivity index (χ0) is 26.7. The number of benzene rings is 1. The standard InChI is InChI=1S/C28H46N4O5/c1-28(2)13-12-21(20-37-28)17-24(18-29-3)31-26(33)32-15-8-11-23(19-32)25(22-9-6-5-7-10-22)36-16-14-30-27(34)35-4/h5-7,9-10,21,23-25,29H,8,11-20H2,1-4H3,(H,30,34)(H,31,33)/t21-,23-,24+,25?/m1/s1. The highest BCUT2D eigenvalue weighted by molar-refractivity contribution is 5.74. The number of rotatable bonds is 11. The number of alkyl carbamates (subject to hydrolysis) is 1. The van der Waals surface area contributed by atoms with Crippen LogP contribution in [0.1, 0.15) is 57.6 Å². The van der Waals surface area contributed by atoms with E-state index in [9.17, 15) is 9.59 Å². The van der Waals surface area contributed by atoms with E-state index in [1.165, 1.54) is 7.11 Å². The molecule has 37 heavy (non-hydrogen) atoms. The highest BCUT2D eigenvalue weighted by Gasteiger charge is 2.33. The molecule has 0 aliphatic carbocycles. The number of carbonyl (C=O) groups is 2. The summed E-state index contributed by atoms with van der Waals surface area (Å²) in [5.41, 5.74) is 1.04. The summed E-state index contributed by atoms with van der Waals surface area (Å²) >= 11 is 0. The Labute approximate surface area is 222 Å². The van der Waals surface area contributed by atoms with E-state index in [4.69, 9.17) is 9.47 Å². The number of ether oxygens (including phenoxy) is 3. The first kappa shape index (κ1) is 29.2. The van der Waals surface area contributed by atoms with Gasteiger partial charge in [0.15, 0.2) is 0 Å². The van der Waals surface area contributed by atoms with E-state index in [1.807, 2.05) is 30.1 Å². The molecule has 1 unspecified atom stereocenters. The van der Waals surface area contributed by atoms with Crippen molar-refractivity contribution < 1.29 is 23.8 Å². The largest absolute Gasteiger partial charge is 0.453 e.